The average molecular weight is 369 g/mol. The summed E-state index contributed by atoms with van der Waals surface area (Å²) in [6.45, 7) is 2.52. The first-order valence-electron chi connectivity index (χ1n) is 6.14. The van der Waals surface area contributed by atoms with Crippen LogP contribution in [0.25, 0.3) is 0 Å². The number of hydrogen-bond donors (Lipinski definition) is 1. The number of hydrogen-bond acceptors (Lipinski definition) is 3. The van der Waals surface area contributed by atoms with Crippen LogP contribution >= 0.6 is 22.6 Å². The number of rotatable bonds is 4. The van der Waals surface area contributed by atoms with Gasteiger partial charge in [0.2, 0.25) is 0 Å². The van der Waals surface area contributed by atoms with Crippen LogP contribution in [0.15, 0.2) is 35.4 Å². The molecule has 100 valence electrons. The first-order valence-corrected chi connectivity index (χ1v) is 7.22. The zero-order valence-corrected chi connectivity index (χ0v) is 12.9. The number of aryl methyl sites for hydroxylation is 3. The fourth-order valence-corrected chi connectivity index (χ4v) is 2.36. The van der Waals surface area contributed by atoms with Gasteiger partial charge in [-0.15, -0.1) is 0 Å². The van der Waals surface area contributed by atoms with Crippen LogP contribution in [0.5, 0.6) is 0 Å². The van der Waals surface area contributed by atoms with Crippen molar-refractivity contribution in [2.24, 2.45) is 0 Å². The van der Waals surface area contributed by atoms with Gasteiger partial charge in [-0.1, -0.05) is 12.1 Å². The minimum atomic E-state index is 0.0423. The van der Waals surface area contributed by atoms with Gasteiger partial charge in [-0.3, -0.25) is 9.36 Å². The first kappa shape index (κ1) is 14.0. The average Bonchev–Trinajstić information content (AvgIpc) is 2.39. The van der Waals surface area contributed by atoms with Crippen molar-refractivity contribution in [1.82, 2.24) is 9.55 Å². The van der Waals surface area contributed by atoms with Gasteiger partial charge < -0.3 is 5.73 Å². The molecule has 1 aromatic carbocycles. The standard InChI is InChI=1S/C14H16IN3O/c1-10-13(15)14(19)18(9-17-10)7-3-5-11-4-2-6-12(16)8-11/h2,4,6,8-9H,3,5,7,16H2,1H3. The lowest BCUT2D eigenvalue weighted by Crippen LogP contribution is -2.24. The van der Waals surface area contributed by atoms with Gasteiger partial charge in [0, 0.05) is 12.2 Å². The number of nitrogens with zero attached hydrogens (tertiary/aromatic N) is 2. The van der Waals surface area contributed by atoms with Crippen molar-refractivity contribution in [2.45, 2.75) is 26.3 Å². The monoisotopic (exact) mass is 369 g/mol. The summed E-state index contributed by atoms with van der Waals surface area (Å²) in [5, 5.41) is 0. The van der Waals surface area contributed by atoms with Gasteiger partial charge in [0.25, 0.3) is 5.56 Å². The maximum Gasteiger partial charge on any atom is 0.266 e. The van der Waals surface area contributed by atoms with Gasteiger partial charge in [-0.05, 0) is 60.1 Å². The van der Waals surface area contributed by atoms with Crippen molar-refractivity contribution in [3.05, 3.63) is 55.8 Å². The number of anilines is 1. The van der Waals surface area contributed by atoms with E-state index in [0.29, 0.717) is 10.1 Å². The molecule has 1 aromatic heterocycles. The lowest BCUT2D eigenvalue weighted by atomic mass is 10.1. The molecule has 0 saturated carbocycles. The highest BCUT2D eigenvalue weighted by Gasteiger charge is 2.04. The second kappa shape index (κ2) is 6.18. The summed E-state index contributed by atoms with van der Waals surface area (Å²) in [5.74, 6) is 0. The molecule has 0 fully saturated rings. The minimum absolute atomic E-state index is 0.0423. The summed E-state index contributed by atoms with van der Waals surface area (Å²) in [5.41, 5.74) is 8.54. The Morgan fingerprint density at radius 1 is 1.42 bits per heavy atom. The number of nitrogen functional groups attached to an aromatic ring is 1. The van der Waals surface area contributed by atoms with Crippen molar-refractivity contribution >= 4 is 28.3 Å². The molecule has 0 aliphatic heterocycles. The number of aromatic nitrogens is 2. The van der Waals surface area contributed by atoms with Crippen molar-refractivity contribution in [3.63, 3.8) is 0 Å². The molecule has 2 aromatic rings. The van der Waals surface area contributed by atoms with Crippen LogP contribution < -0.4 is 11.3 Å². The van der Waals surface area contributed by atoms with E-state index < -0.39 is 0 Å². The Balaban J connectivity index is 2.00. The molecular formula is C14H16IN3O. The lowest BCUT2D eigenvalue weighted by Gasteiger charge is -2.07. The van der Waals surface area contributed by atoms with Gasteiger partial charge in [0.15, 0.2) is 0 Å². The maximum absolute atomic E-state index is 12.0. The second-order valence-corrected chi connectivity index (χ2v) is 5.57. The molecule has 0 radical (unpaired) electrons. The van der Waals surface area contributed by atoms with Crippen molar-refractivity contribution in [2.75, 3.05) is 5.73 Å². The molecular weight excluding hydrogens is 353 g/mol. The number of benzene rings is 1. The molecule has 0 atom stereocenters. The Morgan fingerprint density at radius 3 is 2.95 bits per heavy atom. The quantitative estimate of drug-likeness (QED) is 0.665. The molecule has 5 heteroatoms. The molecule has 0 spiro atoms. The van der Waals surface area contributed by atoms with E-state index >= 15 is 0 Å². The fourth-order valence-electron chi connectivity index (χ4n) is 1.91. The summed E-state index contributed by atoms with van der Waals surface area (Å²) in [6.07, 6.45) is 3.42. The van der Waals surface area contributed by atoms with Crippen LogP contribution in [-0.4, -0.2) is 9.55 Å². The summed E-state index contributed by atoms with van der Waals surface area (Å²) >= 11 is 2.05. The van der Waals surface area contributed by atoms with E-state index in [2.05, 4.69) is 11.1 Å². The largest absolute Gasteiger partial charge is 0.399 e. The van der Waals surface area contributed by atoms with Gasteiger partial charge in [-0.25, -0.2) is 4.98 Å². The van der Waals surface area contributed by atoms with E-state index in [0.717, 1.165) is 24.2 Å². The molecule has 1 heterocycles. The van der Waals surface area contributed by atoms with Crippen LogP contribution in [0.4, 0.5) is 5.69 Å². The zero-order valence-electron chi connectivity index (χ0n) is 10.8. The van der Waals surface area contributed by atoms with Crippen LogP contribution in [0.3, 0.4) is 0 Å². The maximum atomic E-state index is 12.0. The van der Waals surface area contributed by atoms with Crippen molar-refractivity contribution < 1.29 is 0 Å². The van der Waals surface area contributed by atoms with Crippen molar-refractivity contribution in [3.8, 4) is 0 Å². The van der Waals surface area contributed by atoms with Crippen LogP contribution in [-0.2, 0) is 13.0 Å². The van der Waals surface area contributed by atoms with Gasteiger partial charge in [0.05, 0.1) is 15.6 Å². The van der Waals surface area contributed by atoms with E-state index in [1.54, 1.807) is 10.9 Å². The minimum Gasteiger partial charge on any atom is -0.399 e. The topological polar surface area (TPSA) is 60.9 Å². The summed E-state index contributed by atoms with van der Waals surface area (Å²) in [7, 11) is 0. The number of halogens is 1. The molecule has 4 nitrogen and oxygen atoms in total. The fraction of sp³-hybridized carbons (Fsp3) is 0.286. The van der Waals surface area contributed by atoms with Crippen LogP contribution in [0, 0.1) is 10.5 Å². The zero-order chi connectivity index (χ0) is 13.8. The lowest BCUT2D eigenvalue weighted by molar-refractivity contribution is 0.606. The van der Waals surface area contributed by atoms with Crippen LogP contribution in [0.2, 0.25) is 0 Å². The molecule has 0 aliphatic carbocycles. The number of nitrogens with two attached hydrogens (primary N) is 1. The van der Waals surface area contributed by atoms with E-state index in [9.17, 15) is 4.79 Å². The molecule has 0 amide bonds. The van der Waals surface area contributed by atoms with E-state index in [1.165, 1.54) is 5.56 Å². The Morgan fingerprint density at radius 2 is 2.21 bits per heavy atom. The third-order valence-corrected chi connectivity index (χ3v) is 4.21. The summed E-state index contributed by atoms with van der Waals surface area (Å²) < 4.78 is 2.37. The Kier molecular flexibility index (Phi) is 4.57. The SMILES string of the molecule is Cc1ncn(CCCc2cccc(N)c2)c(=O)c1I. The smallest absolute Gasteiger partial charge is 0.266 e. The second-order valence-electron chi connectivity index (χ2n) is 4.49. The molecule has 2 N–H and O–H groups in total. The molecule has 19 heavy (non-hydrogen) atoms. The summed E-state index contributed by atoms with van der Waals surface area (Å²) in [4.78, 5) is 16.2. The molecule has 0 bridgehead atoms. The third kappa shape index (κ3) is 3.56. The Bertz CT molecular complexity index is 637. The molecule has 0 aliphatic rings. The van der Waals surface area contributed by atoms with E-state index in [-0.39, 0.29) is 5.56 Å². The van der Waals surface area contributed by atoms with E-state index in [4.69, 9.17) is 5.73 Å². The predicted octanol–water partition coefficient (Wildman–Crippen LogP) is 2.37. The highest BCUT2D eigenvalue weighted by Crippen LogP contribution is 2.09. The van der Waals surface area contributed by atoms with Gasteiger partial charge in [0.1, 0.15) is 0 Å². The Labute approximate surface area is 125 Å². The molecule has 0 saturated heterocycles. The predicted molar refractivity (Wildman–Crippen MR) is 85.1 cm³/mol. The van der Waals surface area contributed by atoms with Crippen molar-refractivity contribution in [1.29, 1.82) is 0 Å². The Hall–Kier alpha value is -1.37. The first-order chi connectivity index (χ1) is 9.08. The van der Waals surface area contributed by atoms with Crippen LogP contribution in [0.1, 0.15) is 17.7 Å². The molecule has 0 unspecified atom stereocenters. The normalized spacial score (nSPS) is 10.6. The summed E-state index contributed by atoms with van der Waals surface area (Å²) in [6, 6.07) is 7.85. The third-order valence-electron chi connectivity index (χ3n) is 2.97. The van der Waals surface area contributed by atoms with E-state index in [1.807, 2.05) is 47.7 Å². The van der Waals surface area contributed by atoms with Gasteiger partial charge in [-0.2, -0.15) is 0 Å². The van der Waals surface area contributed by atoms with Gasteiger partial charge >= 0.3 is 0 Å². The highest BCUT2D eigenvalue weighted by molar-refractivity contribution is 14.1. The molecule has 2 rings (SSSR count). The highest BCUT2D eigenvalue weighted by atomic mass is 127.